The maximum Gasteiger partial charge on any atom is 0.295 e. The Morgan fingerprint density at radius 1 is 1.32 bits per heavy atom. The summed E-state index contributed by atoms with van der Waals surface area (Å²) in [6.45, 7) is 1.57. The Balaban J connectivity index is 1.70. The zero-order valence-electron chi connectivity index (χ0n) is 15.0. The summed E-state index contributed by atoms with van der Waals surface area (Å²) < 4.78 is 19.0. The molecule has 3 rings (SSSR count). The van der Waals surface area contributed by atoms with Crippen LogP contribution in [0.1, 0.15) is 28.8 Å². The SMILES string of the molecule is Nc1c(C(=O)Nc2cccc(CSC3CCOCC3)c2)cc(F)cc1[N+](=O)[O-]. The summed E-state index contributed by atoms with van der Waals surface area (Å²) in [6.07, 6.45) is 2.05. The van der Waals surface area contributed by atoms with E-state index < -0.39 is 22.3 Å². The van der Waals surface area contributed by atoms with Gasteiger partial charge in [0.15, 0.2) is 0 Å². The van der Waals surface area contributed by atoms with E-state index in [-0.39, 0.29) is 11.3 Å². The van der Waals surface area contributed by atoms with Crippen molar-refractivity contribution in [2.45, 2.75) is 23.8 Å². The van der Waals surface area contributed by atoms with Crippen molar-refractivity contribution < 1.29 is 18.8 Å². The van der Waals surface area contributed by atoms with Crippen molar-refractivity contribution in [2.24, 2.45) is 0 Å². The Hall–Kier alpha value is -2.65. The second kappa shape index (κ2) is 9.03. The number of anilines is 2. The number of carbonyl (C=O) groups excluding carboxylic acids is 1. The molecule has 0 unspecified atom stereocenters. The predicted octanol–water partition coefficient (Wildman–Crippen LogP) is 3.98. The fraction of sp³-hybridized carbons (Fsp3) is 0.316. The lowest BCUT2D eigenvalue weighted by Gasteiger charge is -2.21. The molecule has 7 nitrogen and oxygen atoms in total. The number of nitrogens with two attached hydrogens (primary N) is 1. The Bertz CT molecular complexity index is 887. The van der Waals surface area contributed by atoms with E-state index >= 15 is 0 Å². The number of hydrogen-bond donors (Lipinski definition) is 2. The quantitative estimate of drug-likeness (QED) is 0.428. The molecule has 0 aliphatic carbocycles. The highest BCUT2D eigenvalue weighted by Gasteiger charge is 2.22. The molecule has 148 valence electrons. The second-order valence-corrected chi connectivity index (χ2v) is 7.71. The molecule has 0 radical (unpaired) electrons. The van der Waals surface area contributed by atoms with E-state index in [4.69, 9.17) is 10.5 Å². The number of nitro groups is 1. The Labute approximate surface area is 165 Å². The van der Waals surface area contributed by atoms with Gasteiger partial charge in [0.2, 0.25) is 0 Å². The molecule has 2 aromatic rings. The number of carbonyl (C=O) groups is 1. The Kier molecular flexibility index (Phi) is 6.48. The van der Waals surface area contributed by atoms with Gasteiger partial charge in [0.25, 0.3) is 11.6 Å². The summed E-state index contributed by atoms with van der Waals surface area (Å²) in [6, 6.07) is 8.89. The van der Waals surface area contributed by atoms with Crippen LogP contribution in [0, 0.1) is 15.9 Å². The molecule has 2 aromatic carbocycles. The molecule has 1 aliphatic heterocycles. The minimum absolute atomic E-state index is 0.270. The van der Waals surface area contributed by atoms with Crippen LogP contribution in [0.25, 0.3) is 0 Å². The monoisotopic (exact) mass is 405 g/mol. The first kappa shape index (κ1) is 20.1. The summed E-state index contributed by atoms with van der Waals surface area (Å²) in [7, 11) is 0. The first-order chi connectivity index (χ1) is 13.4. The van der Waals surface area contributed by atoms with Crippen LogP contribution in [-0.2, 0) is 10.5 Å². The summed E-state index contributed by atoms with van der Waals surface area (Å²) in [4.78, 5) is 22.6. The minimum atomic E-state index is -0.896. The molecule has 0 aromatic heterocycles. The van der Waals surface area contributed by atoms with Crippen molar-refractivity contribution >= 4 is 34.7 Å². The van der Waals surface area contributed by atoms with Crippen LogP contribution in [0.4, 0.5) is 21.5 Å². The number of benzene rings is 2. The number of nitrogen functional groups attached to an aromatic ring is 1. The highest BCUT2D eigenvalue weighted by atomic mass is 32.2. The lowest BCUT2D eigenvalue weighted by Crippen LogP contribution is -2.17. The standard InChI is InChI=1S/C19H20FN3O4S/c20-13-9-16(18(21)17(10-13)23(25)26)19(24)22-14-3-1-2-12(8-14)11-28-15-4-6-27-7-5-15/h1-3,8-10,15H,4-7,11,21H2,(H,22,24). The number of nitro benzene ring substituents is 1. The third-order valence-electron chi connectivity index (χ3n) is 4.40. The Morgan fingerprint density at radius 3 is 2.79 bits per heavy atom. The highest BCUT2D eigenvalue weighted by Crippen LogP contribution is 2.29. The molecule has 1 amide bonds. The van der Waals surface area contributed by atoms with E-state index in [9.17, 15) is 19.3 Å². The number of nitrogens with one attached hydrogen (secondary N) is 1. The van der Waals surface area contributed by atoms with Gasteiger partial charge in [-0.2, -0.15) is 11.8 Å². The van der Waals surface area contributed by atoms with Gasteiger partial charge in [-0.3, -0.25) is 14.9 Å². The van der Waals surface area contributed by atoms with Gasteiger partial charge in [-0.05, 0) is 36.6 Å². The van der Waals surface area contributed by atoms with Gasteiger partial charge in [0.1, 0.15) is 11.5 Å². The van der Waals surface area contributed by atoms with E-state index in [0.29, 0.717) is 17.0 Å². The van der Waals surface area contributed by atoms with Crippen molar-refractivity contribution in [3.63, 3.8) is 0 Å². The number of thioether (sulfide) groups is 1. The number of ether oxygens (including phenoxy) is 1. The van der Waals surface area contributed by atoms with Gasteiger partial charge in [-0.1, -0.05) is 12.1 Å². The van der Waals surface area contributed by atoms with Crippen molar-refractivity contribution in [3.8, 4) is 0 Å². The summed E-state index contributed by atoms with van der Waals surface area (Å²) >= 11 is 1.85. The van der Waals surface area contributed by atoms with Crippen molar-refractivity contribution in [1.82, 2.24) is 0 Å². The van der Waals surface area contributed by atoms with Crippen LogP contribution in [0.3, 0.4) is 0 Å². The first-order valence-electron chi connectivity index (χ1n) is 8.77. The average molecular weight is 405 g/mol. The molecular weight excluding hydrogens is 385 g/mol. The summed E-state index contributed by atoms with van der Waals surface area (Å²) in [5.41, 5.74) is 5.97. The summed E-state index contributed by atoms with van der Waals surface area (Å²) in [5, 5.41) is 14.2. The van der Waals surface area contributed by atoms with Crippen LogP contribution in [0.15, 0.2) is 36.4 Å². The van der Waals surface area contributed by atoms with Gasteiger partial charge in [0.05, 0.1) is 16.6 Å². The molecule has 28 heavy (non-hydrogen) atoms. The van der Waals surface area contributed by atoms with Gasteiger partial charge in [0, 0.05) is 29.9 Å². The lowest BCUT2D eigenvalue weighted by molar-refractivity contribution is -0.384. The molecule has 1 saturated heterocycles. The highest BCUT2D eigenvalue weighted by molar-refractivity contribution is 7.99. The molecule has 9 heteroatoms. The van der Waals surface area contributed by atoms with Gasteiger partial charge in [-0.25, -0.2) is 4.39 Å². The third-order valence-corrected chi connectivity index (χ3v) is 5.85. The Morgan fingerprint density at radius 2 is 2.07 bits per heavy atom. The van der Waals surface area contributed by atoms with Crippen molar-refractivity contribution in [2.75, 3.05) is 24.3 Å². The van der Waals surface area contributed by atoms with Crippen LogP contribution in [-0.4, -0.2) is 29.3 Å². The van der Waals surface area contributed by atoms with Gasteiger partial charge >= 0.3 is 0 Å². The number of hydrogen-bond acceptors (Lipinski definition) is 6. The molecule has 1 aliphatic rings. The predicted molar refractivity (Wildman–Crippen MR) is 107 cm³/mol. The molecule has 1 fully saturated rings. The van der Waals surface area contributed by atoms with Gasteiger partial charge < -0.3 is 15.8 Å². The van der Waals surface area contributed by atoms with Crippen molar-refractivity contribution in [3.05, 3.63) is 63.5 Å². The molecule has 0 saturated carbocycles. The van der Waals surface area contributed by atoms with Crippen LogP contribution in [0.2, 0.25) is 0 Å². The molecule has 0 bridgehead atoms. The maximum atomic E-state index is 13.7. The van der Waals surface area contributed by atoms with Gasteiger partial charge in [-0.15, -0.1) is 0 Å². The zero-order chi connectivity index (χ0) is 20.1. The van der Waals surface area contributed by atoms with Crippen LogP contribution < -0.4 is 11.1 Å². The molecule has 0 spiro atoms. The molecular formula is C19H20FN3O4S. The smallest absolute Gasteiger partial charge is 0.295 e. The number of amides is 1. The number of nitrogens with zero attached hydrogens (tertiary/aromatic N) is 1. The lowest BCUT2D eigenvalue weighted by atomic mass is 10.1. The van der Waals surface area contributed by atoms with E-state index in [2.05, 4.69) is 5.32 Å². The van der Waals surface area contributed by atoms with Crippen LogP contribution in [0.5, 0.6) is 0 Å². The fourth-order valence-corrected chi connectivity index (χ4v) is 4.07. The van der Waals surface area contributed by atoms with Crippen LogP contribution >= 0.6 is 11.8 Å². The minimum Gasteiger partial charge on any atom is -0.393 e. The zero-order valence-corrected chi connectivity index (χ0v) is 15.8. The van der Waals surface area contributed by atoms with E-state index in [1.807, 2.05) is 30.0 Å². The topological polar surface area (TPSA) is 107 Å². The van der Waals surface area contributed by atoms with E-state index in [0.717, 1.165) is 43.4 Å². The van der Waals surface area contributed by atoms with Crippen molar-refractivity contribution in [1.29, 1.82) is 0 Å². The largest absolute Gasteiger partial charge is 0.393 e. The normalized spacial score (nSPS) is 14.6. The summed E-state index contributed by atoms with van der Waals surface area (Å²) in [5.74, 6) is -0.802. The first-order valence-corrected chi connectivity index (χ1v) is 9.82. The molecule has 1 heterocycles. The number of rotatable bonds is 6. The fourth-order valence-electron chi connectivity index (χ4n) is 2.94. The average Bonchev–Trinajstić information content (AvgIpc) is 2.68. The third kappa shape index (κ3) is 4.99. The van der Waals surface area contributed by atoms with E-state index in [1.165, 1.54) is 0 Å². The van der Waals surface area contributed by atoms with E-state index in [1.54, 1.807) is 6.07 Å². The maximum absolute atomic E-state index is 13.7. The molecule has 3 N–H and O–H groups in total. The second-order valence-electron chi connectivity index (χ2n) is 6.42. The molecule has 0 atom stereocenters. The number of halogens is 1.